The van der Waals surface area contributed by atoms with Gasteiger partial charge in [-0.05, 0) is 41.6 Å². The number of nitrogens with one attached hydrogen (secondary N) is 1. The third-order valence-corrected chi connectivity index (χ3v) is 4.40. The highest BCUT2D eigenvalue weighted by Gasteiger charge is 2.13. The van der Waals surface area contributed by atoms with Crippen molar-refractivity contribution in [3.63, 3.8) is 0 Å². The predicted molar refractivity (Wildman–Crippen MR) is 113 cm³/mol. The van der Waals surface area contributed by atoms with E-state index in [0.717, 1.165) is 5.56 Å². The first kappa shape index (κ1) is 20.5. The van der Waals surface area contributed by atoms with Crippen molar-refractivity contribution in [3.8, 4) is 28.5 Å². The summed E-state index contributed by atoms with van der Waals surface area (Å²) in [6.07, 6.45) is 2.96. The molecule has 0 aliphatic rings. The Morgan fingerprint density at radius 2 is 1.88 bits per heavy atom. The van der Waals surface area contributed by atoms with Gasteiger partial charge in [-0.25, -0.2) is 4.79 Å². The number of hydrogen-bond donors (Lipinski definition) is 3. The van der Waals surface area contributed by atoms with E-state index < -0.39 is 5.97 Å². The normalized spacial score (nSPS) is 11.0. The number of phenols is 1. The molecule has 32 heavy (non-hydrogen) atoms. The summed E-state index contributed by atoms with van der Waals surface area (Å²) in [5.41, 5.74) is 1.08. The van der Waals surface area contributed by atoms with Crippen molar-refractivity contribution in [1.82, 2.24) is 25.5 Å². The van der Waals surface area contributed by atoms with E-state index in [4.69, 9.17) is 9.52 Å². The first-order chi connectivity index (χ1) is 15.5. The molecule has 2 aromatic heterocycles. The molecule has 0 unspecified atom stereocenters. The van der Waals surface area contributed by atoms with Gasteiger partial charge in [-0.1, -0.05) is 30.3 Å². The molecule has 0 bridgehead atoms. The van der Waals surface area contributed by atoms with Gasteiger partial charge >= 0.3 is 5.97 Å². The molecule has 10 nitrogen and oxygen atoms in total. The van der Waals surface area contributed by atoms with Crippen LogP contribution in [0.4, 0.5) is 0 Å². The van der Waals surface area contributed by atoms with Crippen molar-refractivity contribution in [2.75, 3.05) is 0 Å². The van der Waals surface area contributed by atoms with Crippen LogP contribution in [0.15, 0.2) is 71.3 Å². The molecule has 0 aliphatic carbocycles. The molecule has 4 aromatic rings. The van der Waals surface area contributed by atoms with Crippen molar-refractivity contribution in [2.45, 2.75) is 6.54 Å². The summed E-state index contributed by atoms with van der Waals surface area (Å²) in [4.78, 5) is 24.5. The fourth-order valence-electron chi connectivity index (χ4n) is 2.86. The quantitative estimate of drug-likeness (QED) is 0.405. The van der Waals surface area contributed by atoms with Crippen LogP contribution < -0.4 is 5.32 Å². The van der Waals surface area contributed by atoms with Crippen LogP contribution in [0.25, 0.3) is 28.8 Å². The molecule has 0 saturated heterocycles. The van der Waals surface area contributed by atoms with Crippen molar-refractivity contribution in [2.24, 2.45) is 0 Å². The summed E-state index contributed by atoms with van der Waals surface area (Å²) in [6.45, 7) is -0.112. The Morgan fingerprint density at radius 1 is 1.06 bits per heavy atom. The average Bonchev–Trinajstić information content (AvgIpc) is 3.44. The van der Waals surface area contributed by atoms with Crippen LogP contribution in [-0.2, 0) is 11.3 Å². The minimum atomic E-state index is -1.24. The van der Waals surface area contributed by atoms with Gasteiger partial charge in [-0.15, -0.1) is 10.2 Å². The van der Waals surface area contributed by atoms with Gasteiger partial charge < -0.3 is 19.9 Å². The maximum atomic E-state index is 12.1. The fraction of sp³-hybridized carbons (Fsp3) is 0.0455. The zero-order chi connectivity index (χ0) is 22.5. The van der Waals surface area contributed by atoms with Crippen molar-refractivity contribution >= 4 is 18.0 Å². The Labute approximate surface area is 181 Å². The van der Waals surface area contributed by atoms with Crippen molar-refractivity contribution < 1.29 is 24.2 Å². The van der Waals surface area contributed by atoms with Crippen LogP contribution in [0, 0.1) is 0 Å². The number of benzene rings is 2. The minimum Gasteiger partial charge on any atom is -0.507 e. The molecule has 160 valence electrons. The van der Waals surface area contributed by atoms with Gasteiger partial charge in [0.15, 0.2) is 0 Å². The smallest absolute Gasteiger partial charge is 0.339 e. The van der Waals surface area contributed by atoms with Gasteiger partial charge in [0.1, 0.15) is 29.4 Å². The van der Waals surface area contributed by atoms with Crippen LogP contribution in [0.1, 0.15) is 16.1 Å². The summed E-state index contributed by atoms with van der Waals surface area (Å²) in [7, 11) is 0. The van der Waals surface area contributed by atoms with Gasteiger partial charge in [0.2, 0.25) is 11.7 Å². The monoisotopic (exact) mass is 431 g/mol. The van der Waals surface area contributed by atoms with Crippen LogP contribution in [0.5, 0.6) is 5.75 Å². The maximum absolute atomic E-state index is 12.1. The number of carboxylic acid groups (broad SMARTS) is 1. The number of carboxylic acids is 1. The third-order valence-electron chi connectivity index (χ3n) is 4.40. The highest BCUT2D eigenvalue weighted by atomic mass is 16.4. The second kappa shape index (κ2) is 8.96. The molecule has 3 N–H and O–H groups in total. The molecule has 0 atom stereocenters. The Kier molecular flexibility index (Phi) is 5.75. The average molecular weight is 431 g/mol. The SMILES string of the molecule is O=C(Cn1nnc(-c2ccccc2)n1)NC=Cc1ccc(-c2ccc(O)c(C(=O)O)c2)o1. The van der Waals surface area contributed by atoms with Crippen LogP contribution in [0.2, 0.25) is 0 Å². The molecule has 0 aliphatic heterocycles. The summed E-state index contributed by atoms with van der Waals surface area (Å²) in [6, 6.07) is 16.8. The first-order valence-corrected chi connectivity index (χ1v) is 9.45. The molecule has 4 rings (SSSR count). The number of furan rings is 1. The van der Waals surface area contributed by atoms with E-state index in [9.17, 15) is 14.7 Å². The number of aromatic carboxylic acids is 1. The topological polar surface area (TPSA) is 143 Å². The van der Waals surface area contributed by atoms with Crippen LogP contribution in [-0.4, -0.2) is 42.3 Å². The van der Waals surface area contributed by atoms with E-state index in [1.807, 2.05) is 30.3 Å². The number of nitrogens with zero attached hydrogens (tertiary/aromatic N) is 4. The zero-order valence-electron chi connectivity index (χ0n) is 16.5. The Balaban J connectivity index is 1.35. The first-order valence-electron chi connectivity index (χ1n) is 9.45. The second-order valence-electron chi connectivity index (χ2n) is 6.65. The van der Waals surface area contributed by atoms with Gasteiger partial charge in [-0.3, -0.25) is 4.79 Å². The van der Waals surface area contributed by atoms with E-state index in [2.05, 4.69) is 20.7 Å². The highest BCUT2D eigenvalue weighted by Crippen LogP contribution is 2.27. The van der Waals surface area contributed by atoms with Gasteiger partial charge in [0, 0.05) is 17.3 Å². The summed E-state index contributed by atoms with van der Waals surface area (Å²) in [5.74, 6) is -0.633. The molecule has 2 aromatic carbocycles. The minimum absolute atomic E-state index is 0.112. The molecule has 0 spiro atoms. The Morgan fingerprint density at radius 3 is 2.66 bits per heavy atom. The van der Waals surface area contributed by atoms with E-state index >= 15 is 0 Å². The maximum Gasteiger partial charge on any atom is 0.339 e. The van der Waals surface area contributed by atoms with Crippen molar-refractivity contribution in [3.05, 3.63) is 78.2 Å². The number of rotatable bonds is 7. The molecular formula is C22H17N5O5. The fourth-order valence-corrected chi connectivity index (χ4v) is 2.86. The number of aromatic nitrogens is 4. The molecule has 1 amide bonds. The van der Waals surface area contributed by atoms with Crippen molar-refractivity contribution in [1.29, 1.82) is 0 Å². The van der Waals surface area contributed by atoms with Crippen LogP contribution >= 0.6 is 0 Å². The summed E-state index contributed by atoms with van der Waals surface area (Å²) >= 11 is 0. The second-order valence-corrected chi connectivity index (χ2v) is 6.65. The van der Waals surface area contributed by atoms with E-state index in [1.54, 1.807) is 24.3 Å². The van der Waals surface area contributed by atoms with Crippen LogP contribution in [0.3, 0.4) is 0 Å². The van der Waals surface area contributed by atoms with E-state index in [0.29, 0.717) is 22.9 Å². The number of amides is 1. The molecule has 0 radical (unpaired) electrons. The Bertz CT molecular complexity index is 1290. The molecule has 0 saturated carbocycles. The van der Waals surface area contributed by atoms with Gasteiger partial charge in [0.25, 0.3) is 0 Å². The lowest BCUT2D eigenvalue weighted by atomic mass is 10.1. The number of hydrogen-bond acceptors (Lipinski definition) is 7. The third kappa shape index (κ3) is 4.70. The lowest BCUT2D eigenvalue weighted by Crippen LogP contribution is -2.24. The van der Waals surface area contributed by atoms with Gasteiger partial charge in [-0.2, -0.15) is 4.80 Å². The Hall–Kier alpha value is -4.73. The standard InChI is InChI=1S/C22H17N5O5/c28-18-8-6-15(12-17(18)22(30)31)19-9-7-16(32-19)10-11-23-20(29)13-27-25-21(24-26-27)14-4-2-1-3-5-14/h1-12,28H,13H2,(H,23,29)(H,30,31). The van der Waals surface area contributed by atoms with E-state index in [-0.39, 0.29) is 23.8 Å². The molecular weight excluding hydrogens is 414 g/mol. The number of carbonyl (C=O) groups is 2. The molecule has 10 heteroatoms. The zero-order valence-corrected chi connectivity index (χ0v) is 16.5. The predicted octanol–water partition coefficient (Wildman–Crippen LogP) is 2.79. The summed E-state index contributed by atoms with van der Waals surface area (Å²) in [5, 5.41) is 33.3. The molecule has 0 fully saturated rings. The lowest BCUT2D eigenvalue weighted by Gasteiger charge is -2.02. The number of carbonyl (C=O) groups excluding carboxylic acids is 1. The highest BCUT2D eigenvalue weighted by molar-refractivity contribution is 5.92. The van der Waals surface area contributed by atoms with Gasteiger partial charge in [0.05, 0.1) is 0 Å². The van der Waals surface area contributed by atoms with E-state index in [1.165, 1.54) is 23.1 Å². The largest absolute Gasteiger partial charge is 0.507 e. The number of aromatic hydroxyl groups is 1. The number of tetrazole rings is 1. The molecule has 2 heterocycles. The lowest BCUT2D eigenvalue weighted by molar-refractivity contribution is -0.121. The summed E-state index contributed by atoms with van der Waals surface area (Å²) < 4.78 is 5.64.